The van der Waals surface area contributed by atoms with E-state index in [0.29, 0.717) is 13.1 Å². The zero-order valence-electron chi connectivity index (χ0n) is 12.9. The normalized spacial score (nSPS) is 17.3. The third-order valence-electron chi connectivity index (χ3n) is 4.12. The Labute approximate surface area is 138 Å². The van der Waals surface area contributed by atoms with E-state index in [1.54, 1.807) is 0 Å². The molecule has 6 heteroatoms. The number of hydrogen-bond acceptors (Lipinski definition) is 1. The number of halogens is 3. The molecular weight excluding hydrogens is 317 g/mol. The zero-order valence-corrected chi connectivity index (χ0v) is 12.9. The summed E-state index contributed by atoms with van der Waals surface area (Å²) < 4.78 is 37.0. The van der Waals surface area contributed by atoms with E-state index in [1.165, 1.54) is 4.90 Å². The molecule has 1 N–H and O–H groups in total. The lowest BCUT2D eigenvalue weighted by Crippen LogP contribution is -2.46. The lowest BCUT2D eigenvalue weighted by molar-refractivity contribution is -0.123. The fourth-order valence-electron chi connectivity index (χ4n) is 3.02. The summed E-state index contributed by atoms with van der Waals surface area (Å²) in [6, 6.07) is 16.7. The maximum absolute atomic E-state index is 12.3. The first-order valence-corrected chi connectivity index (χ1v) is 7.66. The molecule has 2 aromatic carbocycles. The monoisotopic (exact) mass is 334 g/mol. The average Bonchev–Trinajstić information content (AvgIpc) is 2.59. The Morgan fingerprint density at radius 3 is 2.46 bits per heavy atom. The van der Waals surface area contributed by atoms with Crippen LogP contribution in [0.25, 0.3) is 0 Å². The van der Waals surface area contributed by atoms with Gasteiger partial charge in [0.15, 0.2) is 0 Å². The van der Waals surface area contributed by atoms with Gasteiger partial charge in [-0.1, -0.05) is 54.6 Å². The van der Waals surface area contributed by atoms with Crippen LogP contribution in [0.3, 0.4) is 0 Å². The van der Waals surface area contributed by atoms with Crippen LogP contribution in [0.2, 0.25) is 0 Å². The van der Waals surface area contributed by atoms with Crippen LogP contribution >= 0.6 is 0 Å². The lowest BCUT2D eigenvalue weighted by Gasteiger charge is -2.35. The van der Waals surface area contributed by atoms with Crippen molar-refractivity contribution in [1.82, 2.24) is 10.2 Å². The van der Waals surface area contributed by atoms with Gasteiger partial charge in [-0.05, 0) is 16.7 Å². The summed E-state index contributed by atoms with van der Waals surface area (Å²) in [5, 5.41) is 1.96. The van der Waals surface area contributed by atoms with Gasteiger partial charge in [0.2, 0.25) is 0 Å². The highest BCUT2D eigenvalue weighted by Crippen LogP contribution is 2.33. The first-order chi connectivity index (χ1) is 11.4. The number of nitrogens with zero attached hydrogens (tertiary/aromatic N) is 1. The predicted molar refractivity (Wildman–Crippen MR) is 84.6 cm³/mol. The van der Waals surface area contributed by atoms with E-state index in [4.69, 9.17) is 0 Å². The number of carbonyl (C=O) groups excluding carboxylic acids is 1. The first-order valence-electron chi connectivity index (χ1n) is 7.66. The smallest absolute Gasteiger partial charge is 0.329 e. The minimum absolute atomic E-state index is 0.0483. The minimum atomic E-state index is -4.41. The quantitative estimate of drug-likeness (QED) is 0.887. The zero-order chi connectivity index (χ0) is 17.2. The van der Waals surface area contributed by atoms with Crippen molar-refractivity contribution < 1.29 is 18.0 Å². The van der Waals surface area contributed by atoms with Gasteiger partial charge < -0.3 is 10.2 Å². The second kappa shape index (κ2) is 6.55. The summed E-state index contributed by atoms with van der Waals surface area (Å²) in [5.74, 6) is -0.0483. The maximum Gasteiger partial charge on any atom is 0.405 e. The number of carbonyl (C=O) groups is 1. The molecule has 1 unspecified atom stereocenters. The van der Waals surface area contributed by atoms with Crippen LogP contribution in [-0.4, -0.2) is 30.2 Å². The van der Waals surface area contributed by atoms with E-state index in [2.05, 4.69) is 0 Å². The molecule has 0 saturated carbocycles. The van der Waals surface area contributed by atoms with E-state index >= 15 is 0 Å². The number of benzene rings is 2. The fraction of sp³-hybridized carbons (Fsp3) is 0.278. The number of alkyl halides is 3. The van der Waals surface area contributed by atoms with Gasteiger partial charge in [0.05, 0.1) is 0 Å². The summed E-state index contributed by atoms with van der Waals surface area (Å²) in [6.07, 6.45) is -4.41. The van der Waals surface area contributed by atoms with Crippen LogP contribution in [0.1, 0.15) is 22.6 Å². The highest BCUT2D eigenvalue weighted by atomic mass is 19.4. The second-order valence-corrected chi connectivity index (χ2v) is 5.82. The van der Waals surface area contributed by atoms with Gasteiger partial charge in [-0.3, -0.25) is 0 Å². The Balaban J connectivity index is 1.84. The summed E-state index contributed by atoms with van der Waals surface area (Å²) in [4.78, 5) is 13.6. The van der Waals surface area contributed by atoms with E-state index in [9.17, 15) is 18.0 Å². The van der Waals surface area contributed by atoms with E-state index in [-0.39, 0.29) is 5.92 Å². The van der Waals surface area contributed by atoms with Crippen molar-refractivity contribution in [1.29, 1.82) is 0 Å². The molecular formula is C18H17F3N2O. The Morgan fingerprint density at radius 1 is 1.08 bits per heavy atom. The topological polar surface area (TPSA) is 32.3 Å². The second-order valence-electron chi connectivity index (χ2n) is 5.82. The molecule has 0 aliphatic carbocycles. The van der Waals surface area contributed by atoms with Crippen LogP contribution in [0.5, 0.6) is 0 Å². The Bertz CT molecular complexity index is 716. The molecule has 0 fully saturated rings. The fourth-order valence-corrected chi connectivity index (χ4v) is 3.02. The molecule has 0 saturated heterocycles. The van der Waals surface area contributed by atoms with E-state index in [1.807, 2.05) is 59.9 Å². The summed E-state index contributed by atoms with van der Waals surface area (Å²) >= 11 is 0. The van der Waals surface area contributed by atoms with Gasteiger partial charge in [-0.25, -0.2) is 4.79 Å². The van der Waals surface area contributed by atoms with Crippen LogP contribution in [-0.2, 0) is 6.54 Å². The van der Waals surface area contributed by atoms with Crippen LogP contribution in [0.4, 0.5) is 18.0 Å². The van der Waals surface area contributed by atoms with Crippen molar-refractivity contribution in [3.05, 3.63) is 71.3 Å². The van der Waals surface area contributed by atoms with Crippen molar-refractivity contribution in [2.45, 2.75) is 18.6 Å². The summed E-state index contributed by atoms with van der Waals surface area (Å²) in [6.45, 7) is -0.659. The number of urea groups is 1. The third kappa shape index (κ3) is 3.69. The van der Waals surface area contributed by atoms with Crippen molar-refractivity contribution >= 4 is 6.03 Å². The van der Waals surface area contributed by atoms with Gasteiger partial charge in [0.1, 0.15) is 6.54 Å². The molecule has 3 rings (SSSR count). The molecule has 2 aromatic rings. The van der Waals surface area contributed by atoms with Gasteiger partial charge in [-0.2, -0.15) is 13.2 Å². The van der Waals surface area contributed by atoms with Crippen molar-refractivity contribution in [3.8, 4) is 0 Å². The number of nitrogens with one attached hydrogen (secondary N) is 1. The van der Waals surface area contributed by atoms with Gasteiger partial charge >= 0.3 is 12.2 Å². The van der Waals surface area contributed by atoms with Crippen LogP contribution < -0.4 is 5.32 Å². The molecule has 1 aliphatic heterocycles. The number of rotatable bonds is 2. The number of amides is 2. The highest BCUT2D eigenvalue weighted by molar-refractivity contribution is 5.75. The van der Waals surface area contributed by atoms with Crippen LogP contribution in [0, 0.1) is 0 Å². The predicted octanol–water partition coefficient (Wildman–Crippen LogP) is 3.91. The molecule has 2 amide bonds. The van der Waals surface area contributed by atoms with Crippen LogP contribution in [0.15, 0.2) is 54.6 Å². The Morgan fingerprint density at radius 2 is 1.75 bits per heavy atom. The van der Waals surface area contributed by atoms with Gasteiger partial charge in [0.25, 0.3) is 0 Å². The van der Waals surface area contributed by atoms with Crippen molar-refractivity contribution in [3.63, 3.8) is 0 Å². The Kier molecular flexibility index (Phi) is 4.46. The lowest BCUT2D eigenvalue weighted by atomic mass is 9.85. The van der Waals surface area contributed by atoms with Gasteiger partial charge in [-0.15, -0.1) is 0 Å². The van der Waals surface area contributed by atoms with Crippen molar-refractivity contribution in [2.24, 2.45) is 0 Å². The number of fused-ring (bicyclic) bond motifs is 1. The first kappa shape index (κ1) is 16.4. The van der Waals surface area contributed by atoms with E-state index in [0.717, 1.165) is 16.7 Å². The third-order valence-corrected chi connectivity index (χ3v) is 4.12. The Hall–Kier alpha value is -2.50. The van der Waals surface area contributed by atoms with Crippen molar-refractivity contribution in [2.75, 3.05) is 13.1 Å². The summed E-state index contributed by atoms with van der Waals surface area (Å²) in [5.41, 5.74) is 3.11. The molecule has 0 radical (unpaired) electrons. The maximum atomic E-state index is 12.3. The molecule has 0 bridgehead atoms. The largest absolute Gasteiger partial charge is 0.405 e. The SMILES string of the molecule is O=C(NCC(F)(F)F)N1Cc2ccccc2C(c2ccccc2)C1. The van der Waals surface area contributed by atoms with E-state index < -0.39 is 18.8 Å². The molecule has 126 valence electrons. The minimum Gasteiger partial charge on any atom is -0.329 e. The number of hydrogen-bond donors (Lipinski definition) is 1. The average molecular weight is 334 g/mol. The molecule has 1 atom stereocenters. The highest BCUT2D eigenvalue weighted by Gasteiger charge is 2.32. The molecule has 0 spiro atoms. The standard InChI is InChI=1S/C18H17F3N2O/c19-18(20,21)12-22-17(24)23-10-14-8-4-5-9-15(14)16(11-23)13-6-2-1-3-7-13/h1-9,16H,10-12H2,(H,22,24). The molecule has 3 nitrogen and oxygen atoms in total. The van der Waals surface area contributed by atoms with Gasteiger partial charge in [0, 0.05) is 19.0 Å². The molecule has 0 aromatic heterocycles. The molecule has 1 heterocycles. The molecule has 1 aliphatic rings. The molecule has 24 heavy (non-hydrogen) atoms. The summed E-state index contributed by atoms with van der Waals surface area (Å²) in [7, 11) is 0.